The third kappa shape index (κ3) is 6.53. The molecule has 2 amide bonds. The predicted molar refractivity (Wildman–Crippen MR) is 159 cm³/mol. The van der Waals surface area contributed by atoms with Gasteiger partial charge in [-0.2, -0.15) is 0 Å². The van der Waals surface area contributed by atoms with Crippen LogP contribution in [0.1, 0.15) is 48.8 Å². The molecule has 0 saturated carbocycles. The molecule has 1 fully saturated rings. The van der Waals surface area contributed by atoms with E-state index in [4.69, 9.17) is 0 Å². The number of carbonyl (C=O) groups is 2. The summed E-state index contributed by atoms with van der Waals surface area (Å²) in [5, 5.41) is 6.20. The molecule has 2 aliphatic rings. The van der Waals surface area contributed by atoms with E-state index >= 15 is 0 Å². The van der Waals surface area contributed by atoms with E-state index in [2.05, 4.69) is 32.4 Å². The van der Waals surface area contributed by atoms with Crippen molar-refractivity contribution in [2.75, 3.05) is 52.9 Å². The number of aromatic nitrogens is 2. The molecule has 2 aromatic carbocycles. The molecule has 3 aromatic rings. The van der Waals surface area contributed by atoms with E-state index in [9.17, 15) is 9.59 Å². The molecule has 3 heterocycles. The van der Waals surface area contributed by atoms with Gasteiger partial charge in [0.1, 0.15) is 5.84 Å². The lowest BCUT2D eigenvalue weighted by atomic mass is 9.73. The lowest BCUT2D eigenvalue weighted by Crippen LogP contribution is -2.45. The first kappa shape index (κ1) is 27.8. The van der Waals surface area contributed by atoms with Gasteiger partial charge in [-0.3, -0.25) is 19.5 Å². The van der Waals surface area contributed by atoms with Gasteiger partial charge < -0.3 is 20.1 Å². The quantitative estimate of drug-likeness (QED) is 0.388. The summed E-state index contributed by atoms with van der Waals surface area (Å²) in [4.78, 5) is 39.6. The summed E-state index contributed by atoms with van der Waals surface area (Å²) in [6.07, 6.45) is 4.34. The summed E-state index contributed by atoms with van der Waals surface area (Å²) >= 11 is 0. The van der Waals surface area contributed by atoms with Crippen molar-refractivity contribution in [3.63, 3.8) is 0 Å². The fourth-order valence-electron chi connectivity index (χ4n) is 5.80. The number of amidine groups is 1. The molecule has 0 aliphatic carbocycles. The maximum absolute atomic E-state index is 13.2. The predicted octanol–water partition coefficient (Wildman–Crippen LogP) is 3.16. The first-order valence-electron chi connectivity index (χ1n) is 14.5. The first-order chi connectivity index (χ1) is 19.5. The van der Waals surface area contributed by atoms with Gasteiger partial charge in [0.25, 0.3) is 5.91 Å². The summed E-state index contributed by atoms with van der Waals surface area (Å²) in [5.41, 5.74) is 2.98. The van der Waals surface area contributed by atoms with Crippen LogP contribution in [0.3, 0.4) is 0 Å². The third-order valence-electron chi connectivity index (χ3n) is 8.63. The summed E-state index contributed by atoms with van der Waals surface area (Å²) in [6.45, 7) is 8.30. The summed E-state index contributed by atoms with van der Waals surface area (Å²) in [7, 11) is 1.83. The zero-order valence-electron chi connectivity index (χ0n) is 23.7. The molecule has 1 saturated heterocycles. The molecule has 2 aliphatic heterocycles. The van der Waals surface area contributed by atoms with Crippen LogP contribution in [0.15, 0.2) is 59.6 Å². The molecule has 0 bridgehead atoms. The van der Waals surface area contributed by atoms with E-state index in [0.717, 1.165) is 80.8 Å². The lowest BCUT2D eigenvalue weighted by molar-refractivity contribution is -0.129. The minimum absolute atomic E-state index is 0.0497. The molecule has 0 radical (unpaired) electrons. The number of amides is 2. The average Bonchev–Trinajstić information content (AvgIpc) is 3.64. The smallest absolute Gasteiger partial charge is 0.287 e. The van der Waals surface area contributed by atoms with Crippen LogP contribution in [-0.4, -0.2) is 89.9 Å². The minimum Gasteiger partial charge on any atom is -0.371 e. The van der Waals surface area contributed by atoms with E-state index in [-0.39, 0.29) is 23.8 Å². The van der Waals surface area contributed by atoms with Gasteiger partial charge in [-0.1, -0.05) is 55.8 Å². The number of rotatable bonds is 11. The maximum atomic E-state index is 13.2. The topological polar surface area (TPSA) is 94.9 Å². The summed E-state index contributed by atoms with van der Waals surface area (Å²) in [5.74, 6) is 1.00. The van der Waals surface area contributed by atoms with Gasteiger partial charge in [0.05, 0.1) is 30.7 Å². The van der Waals surface area contributed by atoms with Gasteiger partial charge >= 0.3 is 0 Å². The van der Waals surface area contributed by atoms with Crippen molar-refractivity contribution in [3.05, 3.63) is 66.0 Å². The molecule has 40 heavy (non-hydrogen) atoms. The van der Waals surface area contributed by atoms with E-state index in [1.165, 1.54) is 0 Å². The fraction of sp³-hybridized carbons (Fsp3) is 0.484. The number of nitrogens with zero attached hydrogens (tertiary/aromatic N) is 5. The van der Waals surface area contributed by atoms with Crippen LogP contribution in [0, 0.1) is 5.41 Å². The Balaban J connectivity index is 1.14. The molecular weight excluding hydrogens is 502 g/mol. The van der Waals surface area contributed by atoms with Gasteiger partial charge in [0, 0.05) is 26.7 Å². The largest absolute Gasteiger partial charge is 0.371 e. The van der Waals surface area contributed by atoms with Gasteiger partial charge in [-0.25, -0.2) is 4.98 Å². The van der Waals surface area contributed by atoms with Crippen molar-refractivity contribution in [1.29, 1.82) is 0 Å². The number of benzene rings is 2. The maximum Gasteiger partial charge on any atom is 0.287 e. The summed E-state index contributed by atoms with van der Waals surface area (Å²) in [6, 6.07) is 17.7. The normalized spacial score (nSPS) is 16.9. The van der Waals surface area contributed by atoms with Crippen molar-refractivity contribution in [2.24, 2.45) is 10.4 Å². The number of aliphatic imine (C=N–C) groups is 1. The van der Waals surface area contributed by atoms with Crippen molar-refractivity contribution < 1.29 is 9.59 Å². The highest BCUT2D eigenvalue weighted by molar-refractivity contribution is 5.96. The number of likely N-dealkylation sites (N-methyl/N-ethyl adjacent to an activating group) is 1. The SMILES string of the molecule is CCC1(CCN(C)C(=O)CNC(=O)c2nc3ccccc3n2Cc2ccccc2)CCN(CC2=NCCN2)CC1. The molecular formula is C31H41N7O2. The van der Waals surface area contributed by atoms with Crippen LogP contribution in [-0.2, 0) is 11.3 Å². The molecule has 5 rings (SSSR count). The van der Waals surface area contributed by atoms with Crippen molar-refractivity contribution in [2.45, 2.75) is 39.2 Å². The highest BCUT2D eigenvalue weighted by Gasteiger charge is 2.33. The van der Waals surface area contributed by atoms with Crippen LogP contribution < -0.4 is 10.6 Å². The fourth-order valence-corrected chi connectivity index (χ4v) is 5.80. The molecule has 1 aromatic heterocycles. The average molecular weight is 544 g/mol. The molecule has 2 N–H and O–H groups in total. The molecule has 0 spiro atoms. The van der Waals surface area contributed by atoms with Gasteiger partial charge in [-0.05, 0) is 55.5 Å². The van der Waals surface area contributed by atoms with Gasteiger partial charge in [0.2, 0.25) is 5.91 Å². The number of hydrogen-bond donors (Lipinski definition) is 2. The Hall–Kier alpha value is -3.72. The van der Waals surface area contributed by atoms with Crippen LogP contribution in [0.25, 0.3) is 11.0 Å². The van der Waals surface area contributed by atoms with Crippen molar-refractivity contribution in [1.82, 2.24) is 30.0 Å². The Morgan fingerprint density at radius 2 is 1.80 bits per heavy atom. The van der Waals surface area contributed by atoms with Crippen molar-refractivity contribution >= 4 is 28.7 Å². The van der Waals surface area contributed by atoms with Crippen LogP contribution in [0.2, 0.25) is 0 Å². The third-order valence-corrected chi connectivity index (χ3v) is 8.63. The molecule has 212 valence electrons. The zero-order chi connectivity index (χ0) is 28.0. The Morgan fingerprint density at radius 3 is 2.52 bits per heavy atom. The minimum atomic E-state index is -0.340. The van der Waals surface area contributed by atoms with Gasteiger partial charge in [0.15, 0.2) is 5.82 Å². The number of imidazole rings is 1. The van der Waals surface area contributed by atoms with E-state index in [1.54, 1.807) is 4.90 Å². The monoisotopic (exact) mass is 543 g/mol. The Bertz CT molecular complexity index is 1340. The number of piperidine rings is 1. The zero-order valence-corrected chi connectivity index (χ0v) is 23.7. The number of carbonyl (C=O) groups excluding carboxylic acids is 2. The van der Waals surface area contributed by atoms with Crippen LogP contribution in [0.4, 0.5) is 0 Å². The second-order valence-corrected chi connectivity index (χ2v) is 11.1. The van der Waals surface area contributed by atoms with E-state index < -0.39 is 0 Å². The molecule has 0 unspecified atom stereocenters. The second kappa shape index (κ2) is 12.6. The molecule has 9 nitrogen and oxygen atoms in total. The highest BCUT2D eigenvalue weighted by atomic mass is 16.2. The standard InChI is InChI=1S/C31H41N7O2/c1-3-31(14-19-37(20-15-31)23-27-32-16-17-33-27)13-18-36(2)28(39)21-34-30(40)29-35-25-11-7-8-12-26(25)38(29)22-24-9-5-4-6-10-24/h4-12H,3,13-23H2,1-2H3,(H,32,33)(H,34,40). The number of nitrogens with one attached hydrogen (secondary N) is 2. The second-order valence-electron chi connectivity index (χ2n) is 11.1. The molecule has 0 atom stereocenters. The summed E-state index contributed by atoms with van der Waals surface area (Å²) < 4.78 is 1.92. The van der Waals surface area contributed by atoms with Gasteiger partial charge in [-0.15, -0.1) is 0 Å². The Kier molecular flexibility index (Phi) is 8.79. The number of hydrogen-bond acceptors (Lipinski definition) is 6. The first-order valence-corrected chi connectivity index (χ1v) is 14.5. The van der Waals surface area contributed by atoms with Crippen molar-refractivity contribution in [3.8, 4) is 0 Å². The number of para-hydroxylation sites is 2. The Labute approximate surface area is 236 Å². The molecule has 9 heteroatoms. The Morgan fingerprint density at radius 1 is 1.05 bits per heavy atom. The highest BCUT2D eigenvalue weighted by Crippen LogP contribution is 2.38. The number of likely N-dealkylation sites (tertiary alicyclic amines) is 1. The van der Waals surface area contributed by atoms with E-state index in [0.29, 0.717) is 18.9 Å². The lowest BCUT2D eigenvalue weighted by Gasteiger charge is -2.42. The van der Waals surface area contributed by atoms with E-state index in [1.807, 2.05) is 66.2 Å². The van der Waals surface area contributed by atoms with Crippen LogP contribution >= 0.6 is 0 Å². The van der Waals surface area contributed by atoms with Crippen LogP contribution in [0.5, 0.6) is 0 Å². The number of fused-ring (bicyclic) bond motifs is 1.